The van der Waals surface area contributed by atoms with Crippen LogP contribution in [0.4, 0.5) is 5.82 Å². The zero-order valence-electron chi connectivity index (χ0n) is 24.1. The Morgan fingerprint density at radius 1 is 1.10 bits per heavy atom. The monoisotopic (exact) mass is 554 g/mol. The number of hydrogen-bond acceptors (Lipinski definition) is 8. The van der Waals surface area contributed by atoms with Crippen molar-refractivity contribution in [3.05, 3.63) is 30.1 Å². The second-order valence-electron chi connectivity index (χ2n) is 11.3. The standard InChI is InChI=1S/C30H42N4O6/c1-5-20-10-9-11-21(14-20)15-40-26(36)18-39-17-25(35)33-29-27-28(22-12-7-8-13-23(22)31-29)34(19-30(3,4)37)24(32-27)16-38-6-2/h7-8,12-13,20-21,37H,5-6,9-11,14-19H2,1-4H3,(H,31,33,35)/t20-,21?/m0/s1. The number of benzene rings is 1. The van der Waals surface area contributed by atoms with E-state index >= 15 is 0 Å². The number of fused-ring (bicyclic) bond motifs is 3. The van der Waals surface area contributed by atoms with Crippen LogP contribution in [-0.2, 0) is 37.0 Å². The number of anilines is 1. The van der Waals surface area contributed by atoms with Crippen molar-refractivity contribution >= 4 is 39.6 Å². The lowest BCUT2D eigenvalue weighted by atomic mass is 9.80. The van der Waals surface area contributed by atoms with Crippen LogP contribution in [0.2, 0.25) is 0 Å². The van der Waals surface area contributed by atoms with Crippen molar-refractivity contribution in [1.82, 2.24) is 14.5 Å². The number of ether oxygens (including phenoxy) is 3. The van der Waals surface area contributed by atoms with Gasteiger partial charge in [0, 0.05) is 12.0 Å². The van der Waals surface area contributed by atoms with Crippen LogP contribution >= 0.6 is 0 Å². The summed E-state index contributed by atoms with van der Waals surface area (Å²) in [4.78, 5) is 34.4. The third kappa shape index (κ3) is 7.77. The molecule has 2 N–H and O–H groups in total. The summed E-state index contributed by atoms with van der Waals surface area (Å²) in [7, 11) is 0. The van der Waals surface area contributed by atoms with Crippen LogP contribution < -0.4 is 5.32 Å². The summed E-state index contributed by atoms with van der Waals surface area (Å²) in [5.41, 5.74) is 0.890. The predicted octanol–water partition coefficient (Wildman–Crippen LogP) is 4.61. The van der Waals surface area contributed by atoms with Crippen LogP contribution in [0, 0.1) is 11.8 Å². The number of carbonyl (C=O) groups is 2. The zero-order chi connectivity index (χ0) is 28.7. The van der Waals surface area contributed by atoms with E-state index in [1.54, 1.807) is 13.8 Å². The minimum absolute atomic E-state index is 0.244. The average molecular weight is 555 g/mol. The smallest absolute Gasteiger partial charge is 0.332 e. The summed E-state index contributed by atoms with van der Waals surface area (Å²) in [6.07, 6.45) is 5.77. The van der Waals surface area contributed by atoms with E-state index in [9.17, 15) is 14.7 Å². The topological polar surface area (TPSA) is 125 Å². The number of carbonyl (C=O) groups excluding carboxylic acids is 2. The molecule has 1 aliphatic rings. The van der Waals surface area contributed by atoms with E-state index in [1.165, 1.54) is 12.8 Å². The molecule has 0 saturated heterocycles. The Morgan fingerprint density at radius 2 is 1.88 bits per heavy atom. The fourth-order valence-corrected chi connectivity index (χ4v) is 5.40. The van der Waals surface area contributed by atoms with E-state index in [2.05, 4.69) is 17.2 Å². The van der Waals surface area contributed by atoms with Crippen LogP contribution in [0.5, 0.6) is 0 Å². The highest BCUT2D eigenvalue weighted by molar-refractivity contribution is 6.09. The van der Waals surface area contributed by atoms with Gasteiger partial charge in [0.2, 0.25) is 0 Å². The number of aliphatic hydroxyl groups is 1. The molecule has 1 aliphatic carbocycles. The van der Waals surface area contributed by atoms with Gasteiger partial charge in [0.25, 0.3) is 5.91 Å². The van der Waals surface area contributed by atoms with Crippen LogP contribution in [0.3, 0.4) is 0 Å². The summed E-state index contributed by atoms with van der Waals surface area (Å²) >= 11 is 0. The average Bonchev–Trinajstić information content (AvgIpc) is 3.28. The van der Waals surface area contributed by atoms with Crippen molar-refractivity contribution in [2.75, 3.05) is 31.7 Å². The van der Waals surface area contributed by atoms with Crippen molar-refractivity contribution in [3.63, 3.8) is 0 Å². The van der Waals surface area contributed by atoms with Gasteiger partial charge >= 0.3 is 5.97 Å². The van der Waals surface area contributed by atoms with E-state index in [1.807, 2.05) is 35.8 Å². The maximum atomic E-state index is 12.8. The summed E-state index contributed by atoms with van der Waals surface area (Å²) in [6, 6.07) is 7.58. The number of hydrogen-bond donors (Lipinski definition) is 2. The third-order valence-corrected chi connectivity index (χ3v) is 7.30. The van der Waals surface area contributed by atoms with Gasteiger partial charge in [0.15, 0.2) is 5.82 Å². The molecule has 0 radical (unpaired) electrons. The summed E-state index contributed by atoms with van der Waals surface area (Å²) < 4.78 is 18.3. The number of amides is 1. The lowest BCUT2D eigenvalue weighted by molar-refractivity contribution is -0.151. The van der Waals surface area contributed by atoms with Gasteiger partial charge in [0.1, 0.15) is 31.2 Å². The molecule has 1 aromatic carbocycles. The number of esters is 1. The minimum Gasteiger partial charge on any atom is -0.464 e. The van der Waals surface area contributed by atoms with E-state index in [0.29, 0.717) is 41.9 Å². The Balaban J connectivity index is 1.44. The fraction of sp³-hybridized carbons (Fsp3) is 0.600. The molecule has 1 fully saturated rings. The van der Waals surface area contributed by atoms with Gasteiger partial charge in [-0.15, -0.1) is 0 Å². The first-order valence-corrected chi connectivity index (χ1v) is 14.3. The van der Waals surface area contributed by atoms with Crippen molar-refractivity contribution in [1.29, 1.82) is 0 Å². The fourth-order valence-electron chi connectivity index (χ4n) is 5.40. The first-order chi connectivity index (χ1) is 19.2. The predicted molar refractivity (Wildman–Crippen MR) is 153 cm³/mol. The number of rotatable bonds is 13. The lowest BCUT2D eigenvalue weighted by Crippen LogP contribution is -2.27. The molecule has 0 aliphatic heterocycles. The molecule has 0 spiro atoms. The van der Waals surface area contributed by atoms with Crippen LogP contribution in [0.1, 0.15) is 65.6 Å². The van der Waals surface area contributed by atoms with E-state index in [4.69, 9.17) is 19.2 Å². The molecule has 4 rings (SSSR count). The van der Waals surface area contributed by atoms with E-state index in [0.717, 1.165) is 30.2 Å². The van der Waals surface area contributed by atoms with Gasteiger partial charge in [0.05, 0.1) is 29.8 Å². The highest BCUT2D eigenvalue weighted by atomic mass is 16.6. The summed E-state index contributed by atoms with van der Waals surface area (Å²) in [5.74, 6) is 1.08. The highest BCUT2D eigenvalue weighted by Gasteiger charge is 2.24. The minimum atomic E-state index is -1.01. The molecule has 218 valence electrons. The van der Waals surface area contributed by atoms with Gasteiger partial charge in [-0.05, 0) is 51.5 Å². The number of nitrogens with one attached hydrogen (secondary N) is 1. The van der Waals surface area contributed by atoms with E-state index < -0.39 is 17.5 Å². The normalized spacial score (nSPS) is 17.8. The number of imidazole rings is 1. The maximum absolute atomic E-state index is 12.8. The molecule has 0 bridgehead atoms. The summed E-state index contributed by atoms with van der Waals surface area (Å²) in [6.45, 7) is 8.38. The summed E-state index contributed by atoms with van der Waals surface area (Å²) in [5, 5.41) is 14.3. The molecular formula is C30H42N4O6. The van der Waals surface area contributed by atoms with Gasteiger partial charge in [-0.2, -0.15) is 0 Å². The largest absolute Gasteiger partial charge is 0.464 e. The Kier molecular flexibility index (Phi) is 10.1. The Bertz CT molecular complexity index is 1320. The first-order valence-electron chi connectivity index (χ1n) is 14.3. The van der Waals surface area contributed by atoms with Crippen molar-refractivity contribution < 1.29 is 28.9 Å². The maximum Gasteiger partial charge on any atom is 0.332 e. The van der Waals surface area contributed by atoms with Crippen molar-refractivity contribution in [2.45, 2.75) is 78.6 Å². The number of nitrogens with zero attached hydrogens (tertiary/aromatic N) is 3. The molecule has 10 heteroatoms. The molecule has 10 nitrogen and oxygen atoms in total. The molecule has 2 heterocycles. The molecule has 1 amide bonds. The Morgan fingerprint density at radius 3 is 2.62 bits per heavy atom. The zero-order valence-corrected chi connectivity index (χ0v) is 24.1. The molecule has 2 aromatic heterocycles. The van der Waals surface area contributed by atoms with Gasteiger partial charge in [-0.25, -0.2) is 14.8 Å². The Labute approximate surface area is 235 Å². The Hall–Kier alpha value is -3.08. The van der Waals surface area contributed by atoms with Gasteiger partial charge in [-0.1, -0.05) is 44.4 Å². The molecule has 2 atom stereocenters. The third-order valence-electron chi connectivity index (χ3n) is 7.30. The van der Waals surface area contributed by atoms with Crippen LogP contribution in [0.15, 0.2) is 24.3 Å². The second-order valence-corrected chi connectivity index (χ2v) is 11.3. The lowest BCUT2D eigenvalue weighted by Gasteiger charge is -2.27. The molecule has 1 saturated carbocycles. The van der Waals surface area contributed by atoms with Crippen molar-refractivity contribution in [2.24, 2.45) is 11.8 Å². The second kappa shape index (κ2) is 13.5. The van der Waals surface area contributed by atoms with Crippen molar-refractivity contribution in [3.8, 4) is 0 Å². The van der Waals surface area contributed by atoms with Gasteiger partial charge < -0.3 is 29.2 Å². The van der Waals surface area contributed by atoms with E-state index in [-0.39, 0.29) is 32.2 Å². The molecule has 40 heavy (non-hydrogen) atoms. The molecule has 1 unspecified atom stereocenters. The first kappa shape index (κ1) is 29.9. The number of pyridine rings is 1. The van der Waals surface area contributed by atoms with Crippen LogP contribution in [-0.4, -0.2) is 63.5 Å². The molecular weight excluding hydrogens is 512 g/mol. The quantitative estimate of drug-likeness (QED) is 0.294. The highest BCUT2D eigenvalue weighted by Crippen LogP contribution is 2.32. The van der Waals surface area contributed by atoms with Crippen LogP contribution in [0.25, 0.3) is 21.9 Å². The number of para-hydroxylation sites is 1. The SMILES string of the molecule is CCOCc1nc2c(NC(=O)COCC(=O)OCC3CCC[C@H](CC)C3)nc3ccccc3c2n1CC(C)(C)O. The van der Waals surface area contributed by atoms with Gasteiger partial charge in [-0.3, -0.25) is 4.79 Å². The number of aromatic nitrogens is 3. The molecule has 3 aromatic rings.